The number of rotatable bonds is 4. The van der Waals surface area contributed by atoms with Crippen molar-refractivity contribution < 1.29 is 14.6 Å². The first-order valence-electron chi connectivity index (χ1n) is 4.14. The molecule has 0 bridgehead atoms. The van der Waals surface area contributed by atoms with E-state index < -0.39 is 6.10 Å². The van der Waals surface area contributed by atoms with E-state index in [1.54, 1.807) is 20.1 Å². The highest BCUT2D eigenvalue weighted by molar-refractivity contribution is 5.29. The number of hydrogen-bond acceptors (Lipinski definition) is 3. The largest absolute Gasteiger partial charge is 0.468 e. The summed E-state index contributed by atoms with van der Waals surface area (Å²) in [5.41, 5.74) is 0.841. The Labute approximate surface area is 77.9 Å². The summed E-state index contributed by atoms with van der Waals surface area (Å²) in [4.78, 5) is 0. The van der Waals surface area contributed by atoms with Gasteiger partial charge in [-0.25, -0.2) is 0 Å². The molecule has 72 valence electrons. The lowest BCUT2D eigenvalue weighted by Crippen LogP contribution is -1.99. The molecule has 0 saturated heterocycles. The summed E-state index contributed by atoms with van der Waals surface area (Å²) >= 11 is 0. The predicted molar refractivity (Wildman–Crippen MR) is 49.6 cm³/mol. The summed E-state index contributed by atoms with van der Waals surface area (Å²) in [5, 5.41) is 9.29. The quantitative estimate of drug-likeness (QED) is 0.720. The molecule has 1 rings (SSSR count). The van der Waals surface area contributed by atoms with E-state index in [-0.39, 0.29) is 6.79 Å². The predicted octanol–water partition coefficient (Wildman–Crippen LogP) is 1.72. The summed E-state index contributed by atoms with van der Waals surface area (Å²) < 4.78 is 9.97. The molecule has 0 heterocycles. The first-order valence-corrected chi connectivity index (χ1v) is 4.14. The van der Waals surface area contributed by atoms with Crippen LogP contribution in [0.5, 0.6) is 5.75 Å². The zero-order valence-electron chi connectivity index (χ0n) is 7.86. The molecule has 1 aromatic rings. The van der Waals surface area contributed by atoms with Gasteiger partial charge in [-0.2, -0.15) is 0 Å². The lowest BCUT2D eigenvalue weighted by Gasteiger charge is -2.08. The molecule has 0 unspecified atom stereocenters. The van der Waals surface area contributed by atoms with Gasteiger partial charge in [-0.05, 0) is 24.6 Å². The van der Waals surface area contributed by atoms with Gasteiger partial charge in [-0.3, -0.25) is 0 Å². The number of hydrogen-bond donors (Lipinski definition) is 1. The third-order valence-electron chi connectivity index (χ3n) is 1.68. The van der Waals surface area contributed by atoms with Gasteiger partial charge >= 0.3 is 0 Å². The molecule has 0 aliphatic heterocycles. The van der Waals surface area contributed by atoms with Crippen molar-refractivity contribution in [2.45, 2.75) is 13.0 Å². The van der Waals surface area contributed by atoms with Crippen LogP contribution in [0.15, 0.2) is 24.3 Å². The highest BCUT2D eigenvalue weighted by Crippen LogP contribution is 2.18. The maximum Gasteiger partial charge on any atom is 0.188 e. The van der Waals surface area contributed by atoms with Crippen LogP contribution in [0.1, 0.15) is 18.6 Å². The fourth-order valence-electron chi connectivity index (χ4n) is 0.991. The summed E-state index contributed by atoms with van der Waals surface area (Å²) in [6, 6.07) is 7.31. The molecule has 0 saturated carbocycles. The molecule has 0 spiro atoms. The van der Waals surface area contributed by atoms with Gasteiger partial charge in [0, 0.05) is 7.11 Å². The van der Waals surface area contributed by atoms with Crippen LogP contribution in [0.25, 0.3) is 0 Å². The van der Waals surface area contributed by atoms with Crippen LogP contribution >= 0.6 is 0 Å². The van der Waals surface area contributed by atoms with Crippen LogP contribution in [-0.4, -0.2) is 19.0 Å². The van der Waals surface area contributed by atoms with Crippen LogP contribution in [0.3, 0.4) is 0 Å². The van der Waals surface area contributed by atoms with Crippen LogP contribution in [0.4, 0.5) is 0 Å². The van der Waals surface area contributed by atoms with Gasteiger partial charge in [0.2, 0.25) is 0 Å². The lowest BCUT2D eigenvalue weighted by molar-refractivity contribution is 0.0509. The number of benzene rings is 1. The fraction of sp³-hybridized carbons (Fsp3) is 0.400. The topological polar surface area (TPSA) is 38.7 Å². The highest BCUT2D eigenvalue weighted by Gasteiger charge is 2.01. The Morgan fingerprint density at radius 3 is 2.85 bits per heavy atom. The molecule has 3 heteroatoms. The molecule has 0 aliphatic rings. The van der Waals surface area contributed by atoms with Crippen molar-refractivity contribution in [2.24, 2.45) is 0 Å². The summed E-state index contributed by atoms with van der Waals surface area (Å²) in [7, 11) is 1.57. The monoisotopic (exact) mass is 182 g/mol. The first kappa shape index (κ1) is 10.0. The van der Waals surface area contributed by atoms with E-state index in [9.17, 15) is 5.11 Å². The van der Waals surface area contributed by atoms with Crippen LogP contribution in [0, 0.1) is 0 Å². The van der Waals surface area contributed by atoms with E-state index in [0.29, 0.717) is 5.75 Å². The Bertz CT molecular complexity index is 258. The second-order valence-electron chi connectivity index (χ2n) is 2.80. The average Bonchev–Trinajstić information content (AvgIpc) is 2.15. The van der Waals surface area contributed by atoms with E-state index in [4.69, 9.17) is 9.47 Å². The van der Waals surface area contributed by atoms with E-state index in [2.05, 4.69) is 0 Å². The Balaban J connectivity index is 2.68. The van der Waals surface area contributed by atoms with Gasteiger partial charge in [0.15, 0.2) is 6.79 Å². The summed E-state index contributed by atoms with van der Waals surface area (Å²) in [6.45, 7) is 1.94. The SMILES string of the molecule is COCOc1cccc([C@@H](C)O)c1. The number of aliphatic hydroxyl groups is 1. The Kier molecular flexibility index (Phi) is 3.73. The third-order valence-corrected chi connectivity index (χ3v) is 1.68. The second kappa shape index (κ2) is 4.84. The van der Waals surface area contributed by atoms with E-state index >= 15 is 0 Å². The van der Waals surface area contributed by atoms with Crippen molar-refractivity contribution in [2.75, 3.05) is 13.9 Å². The van der Waals surface area contributed by atoms with E-state index in [1.807, 2.05) is 18.2 Å². The van der Waals surface area contributed by atoms with Crippen molar-refractivity contribution in [3.63, 3.8) is 0 Å². The molecule has 0 aromatic heterocycles. The molecule has 1 atom stereocenters. The second-order valence-corrected chi connectivity index (χ2v) is 2.80. The maximum absolute atomic E-state index is 9.29. The van der Waals surface area contributed by atoms with Crippen molar-refractivity contribution in [1.29, 1.82) is 0 Å². The van der Waals surface area contributed by atoms with Crippen molar-refractivity contribution in [1.82, 2.24) is 0 Å². The normalized spacial score (nSPS) is 12.5. The molecule has 1 N–H and O–H groups in total. The molecule has 0 aliphatic carbocycles. The zero-order valence-corrected chi connectivity index (χ0v) is 7.86. The van der Waals surface area contributed by atoms with Gasteiger partial charge in [0.05, 0.1) is 6.10 Å². The summed E-state index contributed by atoms with van der Waals surface area (Å²) in [6.07, 6.45) is -0.467. The molecule has 13 heavy (non-hydrogen) atoms. The number of ether oxygens (including phenoxy) is 2. The molecule has 1 aromatic carbocycles. The Morgan fingerprint density at radius 2 is 2.23 bits per heavy atom. The smallest absolute Gasteiger partial charge is 0.188 e. The van der Waals surface area contributed by atoms with Gasteiger partial charge < -0.3 is 14.6 Å². The van der Waals surface area contributed by atoms with Gasteiger partial charge in [0.1, 0.15) is 5.75 Å². The minimum Gasteiger partial charge on any atom is -0.468 e. The Morgan fingerprint density at radius 1 is 1.46 bits per heavy atom. The summed E-state index contributed by atoms with van der Waals surface area (Å²) in [5.74, 6) is 0.709. The average molecular weight is 182 g/mol. The van der Waals surface area contributed by atoms with Crippen LogP contribution < -0.4 is 4.74 Å². The van der Waals surface area contributed by atoms with Gasteiger partial charge in [-0.15, -0.1) is 0 Å². The Hall–Kier alpha value is -1.06. The maximum atomic E-state index is 9.29. The minimum absolute atomic E-state index is 0.225. The van der Waals surface area contributed by atoms with E-state index in [1.165, 1.54) is 0 Å². The molecular formula is C10H14O3. The first-order chi connectivity index (χ1) is 6.24. The lowest BCUT2D eigenvalue weighted by atomic mass is 10.1. The molecule has 0 radical (unpaired) electrons. The zero-order chi connectivity index (χ0) is 9.68. The van der Waals surface area contributed by atoms with Gasteiger partial charge in [-0.1, -0.05) is 12.1 Å². The third kappa shape index (κ3) is 3.05. The van der Waals surface area contributed by atoms with Gasteiger partial charge in [0.25, 0.3) is 0 Å². The molecule has 0 fully saturated rings. The van der Waals surface area contributed by atoms with Crippen molar-refractivity contribution in [3.8, 4) is 5.75 Å². The number of methoxy groups -OCH3 is 1. The molecule has 3 nitrogen and oxygen atoms in total. The van der Waals surface area contributed by atoms with Crippen molar-refractivity contribution >= 4 is 0 Å². The van der Waals surface area contributed by atoms with Crippen LogP contribution in [-0.2, 0) is 4.74 Å². The van der Waals surface area contributed by atoms with E-state index in [0.717, 1.165) is 5.56 Å². The van der Waals surface area contributed by atoms with Crippen molar-refractivity contribution in [3.05, 3.63) is 29.8 Å². The van der Waals surface area contributed by atoms with Crippen LogP contribution in [0.2, 0.25) is 0 Å². The standard InChI is InChI=1S/C10H14O3/c1-8(11)9-4-3-5-10(6-9)13-7-12-2/h3-6,8,11H,7H2,1-2H3/t8-/m1/s1. The minimum atomic E-state index is -0.467. The molecular weight excluding hydrogens is 168 g/mol. The highest BCUT2D eigenvalue weighted by atomic mass is 16.7. The number of aliphatic hydroxyl groups excluding tert-OH is 1. The fourth-order valence-corrected chi connectivity index (χ4v) is 0.991. The molecule has 0 amide bonds.